The number of carbonyl (C=O) groups is 3. The van der Waals surface area contributed by atoms with Crippen molar-refractivity contribution in [2.75, 3.05) is 13.2 Å². The van der Waals surface area contributed by atoms with Crippen molar-refractivity contribution in [1.29, 1.82) is 0 Å². The van der Waals surface area contributed by atoms with Crippen LogP contribution in [0.4, 0.5) is 0 Å². The van der Waals surface area contributed by atoms with Crippen LogP contribution in [0, 0.1) is 0 Å². The van der Waals surface area contributed by atoms with Crippen molar-refractivity contribution >= 4 is 17.9 Å². The van der Waals surface area contributed by atoms with Gasteiger partial charge in [-0.05, 0) is 103 Å². The second kappa shape index (κ2) is 53.5. The maximum atomic E-state index is 12.8. The Morgan fingerprint density at radius 2 is 0.615 bits per heavy atom. The molecule has 0 rings (SSSR count). The Morgan fingerprint density at radius 3 is 1.00 bits per heavy atom. The summed E-state index contributed by atoms with van der Waals surface area (Å²) in [5, 5.41) is 0. The monoisotopic (exact) mass is 907 g/mol. The first-order valence-electron chi connectivity index (χ1n) is 27.4. The molecule has 0 heterocycles. The number of unbranched alkanes of at least 4 members (excludes halogenated alkanes) is 26. The third kappa shape index (κ3) is 51.7. The highest BCUT2D eigenvalue weighted by Gasteiger charge is 2.19. The van der Waals surface area contributed by atoms with Gasteiger partial charge in [-0.3, -0.25) is 14.4 Å². The van der Waals surface area contributed by atoms with Gasteiger partial charge in [0.1, 0.15) is 13.2 Å². The van der Waals surface area contributed by atoms with E-state index in [2.05, 4.69) is 93.7 Å². The highest BCUT2D eigenvalue weighted by Crippen LogP contribution is 2.15. The Kier molecular flexibility index (Phi) is 50.9. The molecule has 0 aromatic carbocycles. The first-order valence-corrected chi connectivity index (χ1v) is 27.4. The lowest BCUT2D eigenvalue weighted by Gasteiger charge is -2.18. The van der Waals surface area contributed by atoms with E-state index in [9.17, 15) is 14.4 Å². The van der Waals surface area contributed by atoms with Crippen LogP contribution in [0.2, 0.25) is 0 Å². The molecule has 0 spiro atoms. The summed E-state index contributed by atoms with van der Waals surface area (Å²) in [6, 6.07) is 0. The van der Waals surface area contributed by atoms with Gasteiger partial charge in [0.15, 0.2) is 6.10 Å². The molecule has 6 heteroatoms. The maximum Gasteiger partial charge on any atom is 0.306 e. The molecule has 0 saturated heterocycles. The molecular formula is C59H102O6. The molecule has 0 aliphatic carbocycles. The lowest BCUT2D eigenvalue weighted by atomic mass is 10.1. The van der Waals surface area contributed by atoms with Crippen molar-refractivity contribution in [3.63, 3.8) is 0 Å². The van der Waals surface area contributed by atoms with Crippen molar-refractivity contribution in [3.05, 3.63) is 72.9 Å². The van der Waals surface area contributed by atoms with E-state index < -0.39 is 6.10 Å². The number of hydrogen-bond acceptors (Lipinski definition) is 6. The molecule has 0 aromatic heterocycles. The number of rotatable bonds is 49. The van der Waals surface area contributed by atoms with Crippen LogP contribution >= 0.6 is 0 Å². The summed E-state index contributed by atoms with van der Waals surface area (Å²) in [4.78, 5) is 38.0. The van der Waals surface area contributed by atoms with E-state index >= 15 is 0 Å². The Balaban J connectivity index is 4.38. The third-order valence-electron chi connectivity index (χ3n) is 11.7. The molecule has 1 unspecified atom stereocenters. The normalized spacial score (nSPS) is 12.6. The molecule has 0 fully saturated rings. The van der Waals surface area contributed by atoms with E-state index in [1.807, 2.05) is 0 Å². The molecule has 6 nitrogen and oxygen atoms in total. The van der Waals surface area contributed by atoms with Crippen LogP contribution in [0.5, 0.6) is 0 Å². The fraction of sp³-hybridized carbons (Fsp3) is 0.746. The quantitative estimate of drug-likeness (QED) is 0.0262. The number of carbonyl (C=O) groups excluding carboxylic acids is 3. The molecule has 0 radical (unpaired) electrons. The summed E-state index contributed by atoms with van der Waals surface area (Å²) in [6.45, 7) is 6.46. The second-order valence-electron chi connectivity index (χ2n) is 18.1. The maximum absolute atomic E-state index is 12.8. The summed E-state index contributed by atoms with van der Waals surface area (Å²) in [5.74, 6) is -0.921. The fourth-order valence-electron chi connectivity index (χ4n) is 7.53. The van der Waals surface area contributed by atoms with Gasteiger partial charge in [0, 0.05) is 19.3 Å². The highest BCUT2D eigenvalue weighted by molar-refractivity contribution is 5.71. The van der Waals surface area contributed by atoms with Gasteiger partial charge in [0.05, 0.1) is 0 Å². The Labute approximate surface area is 402 Å². The van der Waals surface area contributed by atoms with Gasteiger partial charge in [0.2, 0.25) is 0 Å². The molecule has 0 saturated carbocycles. The first-order chi connectivity index (χ1) is 32.0. The minimum absolute atomic E-state index is 0.0888. The van der Waals surface area contributed by atoms with Crippen LogP contribution in [0.25, 0.3) is 0 Å². The molecule has 374 valence electrons. The third-order valence-corrected chi connectivity index (χ3v) is 11.7. The second-order valence-corrected chi connectivity index (χ2v) is 18.1. The van der Waals surface area contributed by atoms with Gasteiger partial charge in [-0.15, -0.1) is 0 Å². The SMILES string of the molecule is CC/C=C\C/C=C\C/C=C\C/C=C\CCCCCCC(=O)OC(COC(=O)CCCCCCC/C=C\CCCC)COC(=O)CCCCCCCCCCC/C=C\CCCCCCCC. The lowest BCUT2D eigenvalue weighted by Crippen LogP contribution is -2.30. The zero-order chi connectivity index (χ0) is 47.2. The van der Waals surface area contributed by atoms with E-state index in [0.717, 1.165) is 103 Å². The van der Waals surface area contributed by atoms with Crippen LogP contribution in [0.1, 0.15) is 265 Å². The predicted molar refractivity (Wildman–Crippen MR) is 279 cm³/mol. The molecule has 0 N–H and O–H groups in total. The van der Waals surface area contributed by atoms with Crippen molar-refractivity contribution < 1.29 is 28.6 Å². The predicted octanol–water partition coefficient (Wildman–Crippen LogP) is 18.2. The van der Waals surface area contributed by atoms with Crippen LogP contribution in [0.3, 0.4) is 0 Å². The number of allylic oxidation sites excluding steroid dienone is 12. The average molecular weight is 907 g/mol. The standard InChI is InChI=1S/C59H102O6/c1-4-7-10-13-16-19-22-24-26-28-29-31-32-34-37-40-43-46-49-52-58(61)64-55-56(54-63-57(60)51-48-45-42-39-36-21-18-15-12-9-6-3)65-59(62)53-50-47-44-41-38-35-33-30-27-25-23-20-17-14-11-8-5-2/h8,11,15,17-18,20,24-27,33,35,56H,4-7,9-10,12-14,16,19,21-23,28-32,34,36-55H2,1-3H3/b11-8-,18-15-,20-17-,26-24-,27-25-,35-33-. The smallest absolute Gasteiger partial charge is 0.306 e. The molecular weight excluding hydrogens is 805 g/mol. The number of hydrogen-bond donors (Lipinski definition) is 0. The van der Waals surface area contributed by atoms with E-state index in [1.165, 1.54) is 122 Å². The van der Waals surface area contributed by atoms with Gasteiger partial charge in [-0.1, -0.05) is 216 Å². The van der Waals surface area contributed by atoms with Crippen LogP contribution in [0.15, 0.2) is 72.9 Å². The largest absolute Gasteiger partial charge is 0.462 e. The van der Waals surface area contributed by atoms with E-state index in [1.54, 1.807) is 0 Å². The van der Waals surface area contributed by atoms with E-state index in [0.29, 0.717) is 19.3 Å². The van der Waals surface area contributed by atoms with Gasteiger partial charge < -0.3 is 14.2 Å². The molecule has 0 amide bonds. The molecule has 0 aliphatic rings. The van der Waals surface area contributed by atoms with Gasteiger partial charge in [-0.2, -0.15) is 0 Å². The van der Waals surface area contributed by atoms with Crippen LogP contribution in [-0.4, -0.2) is 37.2 Å². The van der Waals surface area contributed by atoms with Gasteiger partial charge >= 0.3 is 17.9 Å². The summed E-state index contributed by atoms with van der Waals surface area (Å²) < 4.78 is 16.8. The fourth-order valence-corrected chi connectivity index (χ4v) is 7.53. The summed E-state index contributed by atoms with van der Waals surface area (Å²) >= 11 is 0. The minimum Gasteiger partial charge on any atom is -0.462 e. The summed E-state index contributed by atoms with van der Waals surface area (Å²) in [7, 11) is 0. The van der Waals surface area contributed by atoms with Crippen molar-refractivity contribution in [2.24, 2.45) is 0 Å². The zero-order valence-corrected chi connectivity index (χ0v) is 42.7. The van der Waals surface area contributed by atoms with Gasteiger partial charge in [0.25, 0.3) is 0 Å². The van der Waals surface area contributed by atoms with Crippen LogP contribution < -0.4 is 0 Å². The van der Waals surface area contributed by atoms with Gasteiger partial charge in [-0.25, -0.2) is 0 Å². The van der Waals surface area contributed by atoms with E-state index in [4.69, 9.17) is 14.2 Å². The molecule has 0 aromatic rings. The van der Waals surface area contributed by atoms with Crippen molar-refractivity contribution in [2.45, 2.75) is 271 Å². The van der Waals surface area contributed by atoms with Crippen LogP contribution in [-0.2, 0) is 28.6 Å². The first kappa shape index (κ1) is 61.9. The average Bonchev–Trinajstić information content (AvgIpc) is 3.30. The summed E-state index contributed by atoms with van der Waals surface area (Å²) in [6.07, 6.45) is 67.5. The Bertz CT molecular complexity index is 1230. The number of esters is 3. The molecule has 0 bridgehead atoms. The minimum atomic E-state index is -0.792. The topological polar surface area (TPSA) is 78.9 Å². The lowest BCUT2D eigenvalue weighted by molar-refractivity contribution is -0.167. The Morgan fingerprint density at radius 1 is 0.323 bits per heavy atom. The molecule has 0 aliphatic heterocycles. The molecule has 1 atom stereocenters. The van der Waals surface area contributed by atoms with E-state index in [-0.39, 0.29) is 31.1 Å². The summed E-state index contributed by atoms with van der Waals surface area (Å²) in [5.41, 5.74) is 0. The van der Waals surface area contributed by atoms with Crippen molar-refractivity contribution in [3.8, 4) is 0 Å². The number of ether oxygens (including phenoxy) is 3. The highest BCUT2D eigenvalue weighted by atomic mass is 16.6. The molecule has 65 heavy (non-hydrogen) atoms. The Hall–Kier alpha value is -3.15. The van der Waals surface area contributed by atoms with Crippen molar-refractivity contribution in [1.82, 2.24) is 0 Å². The zero-order valence-electron chi connectivity index (χ0n) is 42.7.